The fourth-order valence-electron chi connectivity index (χ4n) is 3.69. The second-order valence-corrected chi connectivity index (χ2v) is 8.79. The maximum Gasteiger partial charge on any atom is 0.435 e. The van der Waals surface area contributed by atoms with Gasteiger partial charge in [0.15, 0.2) is 17.3 Å². The van der Waals surface area contributed by atoms with E-state index in [-0.39, 0.29) is 29.2 Å². The number of nitrogens with zero attached hydrogens (tertiary/aromatic N) is 6. The van der Waals surface area contributed by atoms with Gasteiger partial charge in [-0.15, -0.1) is 0 Å². The number of alkyl halides is 9. The molecule has 0 amide bonds. The van der Waals surface area contributed by atoms with Crippen LogP contribution in [-0.4, -0.2) is 29.5 Å². The zero-order valence-electron chi connectivity index (χ0n) is 19.7. The number of hydrogen-bond acceptors (Lipinski definition) is 4. The third-order valence-electron chi connectivity index (χ3n) is 5.71. The van der Waals surface area contributed by atoms with Gasteiger partial charge in [0.2, 0.25) is 0 Å². The summed E-state index contributed by atoms with van der Waals surface area (Å²) < 4.78 is 120. The van der Waals surface area contributed by atoms with E-state index < -0.39 is 40.8 Å². The molecule has 4 aromatic rings. The molecule has 6 nitrogen and oxygen atoms in total. The third kappa shape index (κ3) is 5.09. The first-order valence-electron chi connectivity index (χ1n) is 10.7. The van der Waals surface area contributed by atoms with Crippen molar-refractivity contribution in [3.63, 3.8) is 0 Å². The van der Waals surface area contributed by atoms with Gasteiger partial charge in [-0.2, -0.15) is 49.7 Å². The minimum Gasteiger partial charge on any atom is -0.233 e. The predicted molar refractivity (Wildman–Crippen MR) is 115 cm³/mol. The van der Waals surface area contributed by atoms with E-state index in [1.54, 1.807) is 19.9 Å². The number of pyridine rings is 2. The molecule has 4 heterocycles. The Labute approximate surface area is 208 Å². The first kappa shape index (κ1) is 27.1. The lowest BCUT2D eigenvalue weighted by molar-refractivity contribution is -0.163. The Morgan fingerprint density at radius 3 is 1.45 bits per heavy atom. The van der Waals surface area contributed by atoms with Gasteiger partial charge in [-0.3, -0.25) is 0 Å². The normalized spacial score (nSPS) is 13.3. The minimum atomic E-state index is -5.35. The van der Waals surface area contributed by atoms with E-state index in [4.69, 9.17) is 0 Å². The fraction of sp³-hybridized carbons (Fsp3) is 0.304. The average Bonchev–Trinajstić information content (AvgIpc) is 3.44. The van der Waals surface area contributed by atoms with Crippen LogP contribution >= 0.6 is 0 Å². The second-order valence-electron chi connectivity index (χ2n) is 8.79. The Morgan fingerprint density at radius 1 is 0.605 bits per heavy atom. The molecule has 0 radical (unpaired) electrons. The van der Waals surface area contributed by atoms with E-state index in [0.717, 1.165) is 10.9 Å². The van der Waals surface area contributed by atoms with Gasteiger partial charge in [0.25, 0.3) is 0 Å². The van der Waals surface area contributed by atoms with E-state index in [2.05, 4.69) is 20.2 Å². The Hall–Kier alpha value is -3.91. The van der Waals surface area contributed by atoms with Crippen molar-refractivity contribution in [1.29, 1.82) is 0 Å². The molecule has 4 aromatic heterocycles. The van der Waals surface area contributed by atoms with Crippen LogP contribution in [0.1, 0.15) is 47.8 Å². The highest BCUT2D eigenvalue weighted by Gasteiger charge is 2.46. The molecule has 202 valence electrons. The van der Waals surface area contributed by atoms with E-state index in [0.29, 0.717) is 10.4 Å². The molecule has 0 aliphatic rings. The van der Waals surface area contributed by atoms with Crippen LogP contribution in [0.25, 0.3) is 11.6 Å². The molecule has 0 spiro atoms. The zero-order chi connectivity index (χ0) is 28.3. The van der Waals surface area contributed by atoms with E-state index in [1.807, 2.05) is 0 Å². The van der Waals surface area contributed by atoms with Crippen LogP contribution in [0, 0.1) is 6.92 Å². The van der Waals surface area contributed by atoms with Gasteiger partial charge >= 0.3 is 18.5 Å². The number of hydrogen-bond donors (Lipinski definition) is 0. The number of rotatable bonds is 4. The van der Waals surface area contributed by atoms with Crippen LogP contribution < -0.4 is 0 Å². The minimum absolute atomic E-state index is 0.0574. The summed E-state index contributed by atoms with van der Waals surface area (Å²) in [6.07, 6.45) is -14.3. The number of aromatic nitrogens is 6. The molecule has 15 heteroatoms. The van der Waals surface area contributed by atoms with E-state index in [9.17, 15) is 39.5 Å². The smallest absolute Gasteiger partial charge is 0.233 e. The SMILES string of the molecule is Cc1nn(-c2cccc(C(C)(C)c3cccc(-n4cc(C(F)(F)F)c(C(F)(F)F)n4)n3)n2)cc1C(F)(F)F. The summed E-state index contributed by atoms with van der Waals surface area (Å²) in [6.45, 7) is 4.46. The van der Waals surface area contributed by atoms with Crippen molar-refractivity contribution in [2.45, 2.75) is 44.7 Å². The summed E-state index contributed by atoms with van der Waals surface area (Å²) in [5, 5.41) is 6.96. The quantitative estimate of drug-likeness (QED) is 0.272. The maximum absolute atomic E-state index is 13.2. The van der Waals surface area contributed by atoms with Crippen molar-refractivity contribution in [3.8, 4) is 11.6 Å². The average molecular weight is 548 g/mol. The summed E-state index contributed by atoms with van der Waals surface area (Å²) in [6, 6.07) is 8.54. The molecule has 0 bridgehead atoms. The van der Waals surface area contributed by atoms with Crippen molar-refractivity contribution in [1.82, 2.24) is 29.5 Å². The van der Waals surface area contributed by atoms with E-state index in [1.165, 1.54) is 37.3 Å². The van der Waals surface area contributed by atoms with Gasteiger partial charge in [0.1, 0.15) is 5.56 Å². The van der Waals surface area contributed by atoms with Crippen molar-refractivity contribution in [2.24, 2.45) is 0 Å². The first-order chi connectivity index (χ1) is 17.4. The highest BCUT2D eigenvalue weighted by molar-refractivity contribution is 5.37. The lowest BCUT2D eigenvalue weighted by Gasteiger charge is -2.24. The van der Waals surface area contributed by atoms with Gasteiger partial charge in [0, 0.05) is 17.8 Å². The molecular formula is C23H17F9N6. The second kappa shape index (κ2) is 8.84. The highest BCUT2D eigenvalue weighted by atomic mass is 19.4. The van der Waals surface area contributed by atoms with Crippen LogP contribution in [0.2, 0.25) is 0 Å². The number of halogens is 9. The lowest BCUT2D eigenvalue weighted by atomic mass is 9.84. The van der Waals surface area contributed by atoms with Crippen LogP contribution in [0.3, 0.4) is 0 Å². The molecule has 0 saturated heterocycles. The summed E-state index contributed by atoms with van der Waals surface area (Å²) in [7, 11) is 0. The zero-order valence-corrected chi connectivity index (χ0v) is 19.7. The molecule has 38 heavy (non-hydrogen) atoms. The van der Waals surface area contributed by atoms with Crippen molar-refractivity contribution in [2.75, 3.05) is 0 Å². The fourth-order valence-corrected chi connectivity index (χ4v) is 3.69. The Bertz CT molecular complexity index is 1440. The molecule has 0 aliphatic heterocycles. The third-order valence-corrected chi connectivity index (χ3v) is 5.71. The molecule has 4 rings (SSSR count). The molecule has 0 saturated carbocycles. The molecule has 0 N–H and O–H groups in total. The van der Waals surface area contributed by atoms with E-state index >= 15 is 0 Å². The van der Waals surface area contributed by atoms with Gasteiger partial charge in [-0.1, -0.05) is 12.1 Å². The summed E-state index contributed by atoms with van der Waals surface area (Å²) in [5.74, 6) is -0.257. The summed E-state index contributed by atoms with van der Waals surface area (Å²) in [5.41, 5.74) is -5.84. The molecule has 0 fully saturated rings. The Balaban J connectivity index is 1.74. The monoisotopic (exact) mass is 548 g/mol. The molecule has 0 aliphatic carbocycles. The molecule has 0 unspecified atom stereocenters. The molecular weight excluding hydrogens is 531 g/mol. The van der Waals surface area contributed by atoms with Crippen LogP contribution in [0.4, 0.5) is 39.5 Å². The Kier molecular flexibility index (Phi) is 6.31. The molecule has 0 atom stereocenters. The highest BCUT2D eigenvalue weighted by Crippen LogP contribution is 2.40. The van der Waals surface area contributed by atoms with Gasteiger partial charge in [-0.25, -0.2) is 19.3 Å². The topological polar surface area (TPSA) is 61.4 Å². The van der Waals surface area contributed by atoms with Crippen molar-refractivity contribution in [3.05, 3.63) is 82.7 Å². The lowest BCUT2D eigenvalue weighted by Crippen LogP contribution is -2.23. The largest absolute Gasteiger partial charge is 0.435 e. The summed E-state index contributed by atoms with van der Waals surface area (Å²) >= 11 is 0. The number of aryl methyl sites for hydroxylation is 1. The van der Waals surface area contributed by atoms with Gasteiger partial charge in [-0.05, 0) is 45.0 Å². The van der Waals surface area contributed by atoms with Crippen LogP contribution in [0.15, 0.2) is 48.8 Å². The van der Waals surface area contributed by atoms with Crippen molar-refractivity contribution < 1.29 is 39.5 Å². The predicted octanol–water partition coefficient (Wildman–Crippen LogP) is 6.54. The van der Waals surface area contributed by atoms with Gasteiger partial charge < -0.3 is 0 Å². The molecule has 0 aromatic carbocycles. The van der Waals surface area contributed by atoms with Gasteiger partial charge in [0.05, 0.1) is 22.6 Å². The van der Waals surface area contributed by atoms with Crippen molar-refractivity contribution >= 4 is 0 Å². The standard InChI is InChI=1S/C23H17F9N6/c1-12-13(21(24,25)26)10-37(35-12)17-8-4-6-15(33-17)20(2,3)16-7-5-9-18(34-16)38-11-14(22(27,28)29)19(36-38)23(30,31)32/h4-11H,1-3H3. The van der Waals surface area contributed by atoms with Crippen LogP contribution in [0.5, 0.6) is 0 Å². The Morgan fingerprint density at radius 2 is 1.05 bits per heavy atom. The summed E-state index contributed by atoms with van der Waals surface area (Å²) in [4.78, 5) is 8.60. The maximum atomic E-state index is 13.2. The van der Waals surface area contributed by atoms with Crippen LogP contribution in [-0.2, 0) is 23.9 Å². The first-order valence-corrected chi connectivity index (χ1v) is 10.7.